The molecule has 166 valence electrons. The van der Waals surface area contributed by atoms with Gasteiger partial charge in [0.05, 0.1) is 5.56 Å². The highest BCUT2D eigenvalue weighted by molar-refractivity contribution is 5.89. The van der Waals surface area contributed by atoms with E-state index in [1.54, 1.807) is 12.1 Å². The van der Waals surface area contributed by atoms with Crippen LogP contribution in [-0.2, 0) is 22.5 Å². The minimum atomic E-state index is -0.444. The van der Waals surface area contributed by atoms with Crippen LogP contribution < -0.4 is 5.32 Å². The summed E-state index contributed by atoms with van der Waals surface area (Å²) in [6.07, 6.45) is 3.63. The summed E-state index contributed by atoms with van der Waals surface area (Å²) in [7, 11) is 1.89. The molecular weight excluding hydrogens is 374 g/mol. The van der Waals surface area contributed by atoms with Crippen molar-refractivity contribution in [3.8, 4) is 0 Å². The number of ether oxygens (including phenoxy) is 1. The summed E-state index contributed by atoms with van der Waals surface area (Å²) in [5.74, 6) is -0.275. The van der Waals surface area contributed by atoms with Gasteiger partial charge in [-0.05, 0) is 70.8 Å². The van der Waals surface area contributed by atoms with Crippen molar-refractivity contribution in [2.24, 2.45) is 0 Å². The van der Waals surface area contributed by atoms with E-state index >= 15 is 0 Å². The molecule has 0 amide bonds. The molecule has 0 spiro atoms. The van der Waals surface area contributed by atoms with E-state index in [0.29, 0.717) is 12.0 Å². The molecule has 4 nitrogen and oxygen atoms in total. The van der Waals surface area contributed by atoms with Gasteiger partial charge in [-0.2, -0.15) is 0 Å². The number of aryl methyl sites for hydroxylation is 2. The molecule has 1 N–H and O–H groups in total. The summed E-state index contributed by atoms with van der Waals surface area (Å²) in [6, 6.07) is 15.9. The van der Waals surface area contributed by atoms with E-state index in [9.17, 15) is 9.59 Å². The van der Waals surface area contributed by atoms with Gasteiger partial charge in [0.1, 0.15) is 11.9 Å². The monoisotopic (exact) mass is 413 g/mol. The lowest BCUT2D eigenvalue weighted by Gasteiger charge is -2.19. The molecule has 2 rings (SSSR count). The van der Waals surface area contributed by atoms with Crippen LogP contribution in [-0.4, -0.2) is 24.9 Å². The van der Waals surface area contributed by atoms with Gasteiger partial charge < -0.3 is 14.8 Å². The molecule has 0 saturated carbocycles. The first kappa shape index (κ1) is 27.5. The minimum absolute atomic E-state index is 0.275. The SMILES string of the molecule is CC.CNCc1ccc(C(=O)OC(C)(C)C)cc1.Cc1ccc(CCCC=O)cc1. The van der Waals surface area contributed by atoms with E-state index in [1.165, 1.54) is 11.1 Å². The zero-order valence-electron chi connectivity index (χ0n) is 19.7. The molecular formula is C26H39NO3. The molecule has 0 atom stereocenters. The smallest absolute Gasteiger partial charge is 0.338 e. The average molecular weight is 414 g/mol. The van der Waals surface area contributed by atoms with E-state index in [0.717, 1.165) is 31.2 Å². The Morgan fingerprint density at radius 1 is 0.967 bits per heavy atom. The Labute approximate surface area is 183 Å². The van der Waals surface area contributed by atoms with E-state index < -0.39 is 5.60 Å². The number of unbranched alkanes of at least 4 members (excludes halogenated alkanes) is 1. The summed E-state index contributed by atoms with van der Waals surface area (Å²) in [5.41, 5.74) is 3.90. The highest BCUT2D eigenvalue weighted by Gasteiger charge is 2.17. The Balaban J connectivity index is 0.000000535. The fourth-order valence-corrected chi connectivity index (χ4v) is 2.44. The van der Waals surface area contributed by atoms with Gasteiger partial charge in [-0.15, -0.1) is 0 Å². The second-order valence-electron chi connectivity index (χ2n) is 7.77. The summed E-state index contributed by atoms with van der Waals surface area (Å²) in [6.45, 7) is 12.5. The normalized spacial score (nSPS) is 10.1. The zero-order valence-corrected chi connectivity index (χ0v) is 19.7. The Morgan fingerprint density at radius 2 is 1.50 bits per heavy atom. The predicted molar refractivity (Wildman–Crippen MR) is 126 cm³/mol. The number of carbonyl (C=O) groups is 2. The predicted octanol–water partition coefficient (Wildman–Crippen LogP) is 5.90. The van der Waals surface area contributed by atoms with Crippen molar-refractivity contribution in [1.82, 2.24) is 5.32 Å². The van der Waals surface area contributed by atoms with Crippen LogP contribution in [0.3, 0.4) is 0 Å². The van der Waals surface area contributed by atoms with Gasteiger partial charge in [-0.3, -0.25) is 0 Å². The molecule has 0 fully saturated rings. The number of benzene rings is 2. The quantitative estimate of drug-likeness (QED) is 0.348. The Morgan fingerprint density at radius 3 is 1.97 bits per heavy atom. The highest BCUT2D eigenvalue weighted by atomic mass is 16.6. The molecule has 0 heterocycles. The summed E-state index contributed by atoms with van der Waals surface area (Å²) < 4.78 is 5.27. The minimum Gasteiger partial charge on any atom is -0.456 e. The third-order valence-corrected chi connectivity index (χ3v) is 3.88. The van der Waals surface area contributed by atoms with Gasteiger partial charge in [-0.1, -0.05) is 55.8 Å². The van der Waals surface area contributed by atoms with Crippen molar-refractivity contribution in [3.05, 3.63) is 70.8 Å². The maximum Gasteiger partial charge on any atom is 0.338 e. The van der Waals surface area contributed by atoms with Crippen molar-refractivity contribution >= 4 is 12.3 Å². The van der Waals surface area contributed by atoms with Crippen LogP contribution in [0.5, 0.6) is 0 Å². The number of hydrogen-bond acceptors (Lipinski definition) is 4. The van der Waals surface area contributed by atoms with Crippen molar-refractivity contribution < 1.29 is 14.3 Å². The number of hydrogen-bond donors (Lipinski definition) is 1. The number of nitrogens with one attached hydrogen (secondary N) is 1. The zero-order chi connectivity index (χ0) is 23.0. The van der Waals surface area contributed by atoms with Crippen LogP contribution in [0.1, 0.15) is 74.5 Å². The van der Waals surface area contributed by atoms with E-state index in [4.69, 9.17) is 4.74 Å². The van der Waals surface area contributed by atoms with E-state index in [2.05, 4.69) is 36.5 Å². The lowest BCUT2D eigenvalue weighted by molar-refractivity contribution is -0.107. The van der Waals surface area contributed by atoms with Gasteiger partial charge in [-0.25, -0.2) is 4.79 Å². The number of esters is 1. The topological polar surface area (TPSA) is 55.4 Å². The molecule has 2 aromatic carbocycles. The standard InChI is InChI=1S/C13H19NO2.C11H14O.C2H6/c1-13(2,3)16-12(15)11-7-5-10(6-8-11)9-14-4;1-10-5-7-11(8-6-10)4-2-3-9-12;1-2/h5-8,14H,9H2,1-4H3;5-9H,2-4H2,1H3;1-2H3. The van der Waals surface area contributed by atoms with Crippen LogP contribution in [0, 0.1) is 6.92 Å². The molecule has 0 saturated heterocycles. The van der Waals surface area contributed by atoms with Crippen molar-refractivity contribution in [2.45, 2.75) is 73.0 Å². The second kappa shape index (κ2) is 15.4. The van der Waals surface area contributed by atoms with Crippen molar-refractivity contribution in [2.75, 3.05) is 7.05 Å². The maximum absolute atomic E-state index is 11.7. The molecule has 0 aromatic heterocycles. The molecule has 0 aliphatic rings. The number of rotatable bonds is 7. The lowest BCUT2D eigenvalue weighted by Crippen LogP contribution is -2.23. The molecule has 2 aromatic rings. The third kappa shape index (κ3) is 12.9. The Hall–Kier alpha value is -2.46. The van der Waals surface area contributed by atoms with Gasteiger partial charge >= 0.3 is 5.97 Å². The van der Waals surface area contributed by atoms with E-state index in [-0.39, 0.29) is 5.97 Å². The van der Waals surface area contributed by atoms with Crippen LogP contribution in [0.15, 0.2) is 48.5 Å². The number of carbonyl (C=O) groups excluding carboxylic acids is 2. The largest absolute Gasteiger partial charge is 0.456 e. The fraction of sp³-hybridized carbons (Fsp3) is 0.462. The lowest BCUT2D eigenvalue weighted by atomic mass is 10.1. The molecule has 0 radical (unpaired) electrons. The second-order valence-corrected chi connectivity index (χ2v) is 7.77. The maximum atomic E-state index is 11.7. The third-order valence-electron chi connectivity index (χ3n) is 3.88. The first-order valence-corrected chi connectivity index (χ1v) is 10.7. The van der Waals surface area contributed by atoms with E-state index in [1.807, 2.05) is 53.8 Å². The Bertz CT molecular complexity index is 713. The molecule has 0 bridgehead atoms. The van der Waals surface area contributed by atoms with Gasteiger partial charge in [0.15, 0.2) is 0 Å². The summed E-state index contributed by atoms with van der Waals surface area (Å²) in [4.78, 5) is 21.7. The average Bonchev–Trinajstić information content (AvgIpc) is 2.71. The molecule has 0 unspecified atom stereocenters. The first-order valence-electron chi connectivity index (χ1n) is 10.7. The van der Waals surface area contributed by atoms with Crippen LogP contribution in [0.2, 0.25) is 0 Å². The van der Waals surface area contributed by atoms with Crippen LogP contribution in [0.25, 0.3) is 0 Å². The van der Waals surface area contributed by atoms with Gasteiger partial charge in [0.2, 0.25) is 0 Å². The molecule has 4 heteroatoms. The molecule has 30 heavy (non-hydrogen) atoms. The number of aldehydes is 1. The highest BCUT2D eigenvalue weighted by Crippen LogP contribution is 2.12. The summed E-state index contributed by atoms with van der Waals surface area (Å²) in [5, 5.41) is 3.05. The van der Waals surface area contributed by atoms with Crippen molar-refractivity contribution in [1.29, 1.82) is 0 Å². The van der Waals surface area contributed by atoms with Gasteiger partial charge in [0, 0.05) is 13.0 Å². The molecule has 0 aliphatic heterocycles. The Kier molecular flexibility index (Phi) is 14.1. The summed E-state index contributed by atoms with van der Waals surface area (Å²) >= 11 is 0. The van der Waals surface area contributed by atoms with Crippen molar-refractivity contribution in [3.63, 3.8) is 0 Å². The molecule has 0 aliphatic carbocycles. The fourth-order valence-electron chi connectivity index (χ4n) is 2.44. The first-order chi connectivity index (χ1) is 14.2. The van der Waals surface area contributed by atoms with Crippen LogP contribution >= 0.6 is 0 Å². The van der Waals surface area contributed by atoms with Gasteiger partial charge in [0.25, 0.3) is 0 Å². The van der Waals surface area contributed by atoms with Crippen LogP contribution in [0.4, 0.5) is 0 Å².